The summed E-state index contributed by atoms with van der Waals surface area (Å²) in [6.45, 7) is 2.36. The van der Waals surface area contributed by atoms with Crippen LogP contribution in [-0.4, -0.2) is 43.4 Å². The monoisotopic (exact) mass is 357 g/mol. The minimum Gasteiger partial charge on any atom is -0.469 e. The highest BCUT2D eigenvalue weighted by Crippen LogP contribution is 2.05. The lowest BCUT2D eigenvalue weighted by molar-refractivity contribution is -0.140. The molecule has 3 amide bonds. The number of unbranched alkanes of at least 4 members (excludes halogenated alkanes) is 4. The second kappa shape index (κ2) is 14.2. The largest absolute Gasteiger partial charge is 0.469 e. The molecule has 0 rings (SSSR count). The fraction of sp³-hybridized carbons (Fsp3) is 0.765. The lowest BCUT2D eigenvalue weighted by Crippen LogP contribution is -2.48. The van der Waals surface area contributed by atoms with Crippen LogP contribution in [0.5, 0.6) is 0 Å². The number of nitrogens with one attached hydrogen (secondary N) is 2. The standard InChI is InChI=1S/C17H31N3O5/c1-3-4-5-6-7-9-15(22)20-13(12-14(18)21)17(24)19-11-8-10-16(23)25-2/h13H,3-12H2,1-2H3,(H2,18,21)(H,19,24)(H,20,22). The van der Waals surface area contributed by atoms with Gasteiger partial charge < -0.3 is 21.1 Å². The van der Waals surface area contributed by atoms with Gasteiger partial charge in [-0.15, -0.1) is 0 Å². The third kappa shape index (κ3) is 12.9. The normalized spacial score (nSPS) is 11.4. The van der Waals surface area contributed by atoms with Crippen LogP contribution in [0.2, 0.25) is 0 Å². The van der Waals surface area contributed by atoms with Crippen molar-refractivity contribution in [1.29, 1.82) is 0 Å². The molecule has 0 aliphatic carbocycles. The molecule has 4 N–H and O–H groups in total. The SMILES string of the molecule is CCCCCCCC(=O)NC(CC(N)=O)C(=O)NCCCC(=O)OC. The Kier molecular flexibility index (Phi) is 13.0. The molecular weight excluding hydrogens is 326 g/mol. The Morgan fingerprint density at radius 2 is 1.68 bits per heavy atom. The Morgan fingerprint density at radius 1 is 1.00 bits per heavy atom. The van der Waals surface area contributed by atoms with Gasteiger partial charge in [0, 0.05) is 19.4 Å². The van der Waals surface area contributed by atoms with Gasteiger partial charge in [0.05, 0.1) is 13.5 Å². The van der Waals surface area contributed by atoms with Gasteiger partial charge in [0.1, 0.15) is 6.04 Å². The molecule has 0 spiro atoms. The van der Waals surface area contributed by atoms with Crippen LogP contribution in [0.3, 0.4) is 0 Å². The van der Waals surface area contributed by atoms with Gasteiger partial charge >= 0.3 is 5.97 Å². The number of esters is 1. The summed E-state index contributed by atoms with van der Waals surface area (Å²) in [6, 6.07) is -0.987. The first-order chi connectivity index (χ1) is 11.9. The summed E-state index contributed by atoms with van der Waals surface area (Å²) >= 11 is 0. The Morgan fingerprint density at radius 3 is 2.28 bits per heavy atom. The molecule has 0 heterocycles. The maximum absolute atomic E-state index is 12.1. The lowest BCUT2D eigenvalue weighted by Gasteiger charge is -2.17. The maximum Gasteiger partial charge on any atom is 0.305 e. The smallest absolute Gasteiger partial charge is 0.305 e. The summed E-state index contributed by atoms with van der Waals surface area (Å²) in [5.41, 5.74) is 5.14. The Hall–Kier alpha value is -2.12. The average molecular weight is 357 g/mol. The highest BCUT2D eigenvalue weighted by molar-refractivity contribution is 5.91. The number of carbonyl (C=O) groups excluding carboxylic acids is 4. The van der Waals surface area contributed by atoms with Crippen molar-refractivity contribution in [3.63, 3.8) is 0 Å². The minimum absolute atomic E-state index is 0.182. The Labute approximate surface area is 149 Å². The molecule has 0 aliphatic rings. The van der Waals surface area contributed by atoms with Gasteiger partial charge in [-0.3, -0.25) is 19.2 Å². The van der Waals surface area contributed by atoms with Crippen LogP contribution in [0.4, 0.5) is 0 Å². The number of methoxy groups -OCH3 is 1. The molecule has 0 radical (unpaired) electrons. The average Bonchev–Trinajstić information content (AvgIpc) is 2.57. The third-order valence-corrected chi connectivity index (χ3v) is 3.65. The second-order valence-electron chi connectivity index (χ2n) is 5.93. The highest BCUT2D eigenvalue weighted by atomic mass is 16.5. The zero-order valence-corrected chi connectivity index (χ0v) is 15.3. The first kappa shape index (κ1) is 22.9. The first-order valence-electron chi connectivity index (χ1n) is 8.82. The van der Waals surface area contributed by atoms with Crippen molar-refractivity contribution < 1.29 is 23.9 Å². The molecule has 0 fully saturated rings. The number of hydrogen-bond acceptors (Lipinski definition) is 5. The lowest BCUT2D eigenvalue weighted by atomic mass is 10.1. The highest BCUT2D eigenvalue weighted by Gasteiger charge is 2.22. The first-order valence-corrected chi connectivity index (χ1v) is 8.82. The van der Waals surface area contributed by atoms with Gasteiger partial charge in [-0.1, -0.05) is 32.6 Å². The van der Waals surface area contributed by atoms with Crippen LogP contribution >= 0.6 is 0 Å². The van der Waals surface area contributed by atoms with Crippen LogP contribution in [0.25, 0.3) is 0 Å². The summed E-state index contributed by atoms with van der Waals surface area (Å²) < 4.78 is 4.50. The summed E-state index contributed by atoms with van der Waals surface area (Å²) in [4.78, 5) is 46.1. The fourth-order valence-electron chi connectivity index (χ4n) is 2.24. The van der Waals surface area contributed by atoms with Gasteiger partial charge in [-0.2, -0.15) is 0 Å². The van der Waals surface area contributed by atoms with E-state index in [-0.39, 0.29) is 31.3 Å². The van der Waals surface area contributed by atoms with Gasteiger partial charge in [0.15, 0.2) is 0 Å². The zero-order chi connectivity index (χ0) is 19.1. The van der Waals surface area contributed by atoms with Crippen molar-refractivity contribution in [1.82, 2.24) is 10.6 Å². The molecule has 1 atom stereocenters. The van der Waals surface area contributed by atoms with Crippen LogP contribution < -0.4 is 16.4 Å². The molecule has 1 unspecified atom stereocenters. The van der Waals surface area contributed by atoms with Crippen molar-refractivity contribution in [3.8, 4) is 0 Å². The van der Waals surface area contributed by atoms with Gasteiger partial charge in [0.2, 0.25) is 17.7 Å². The van der Waals surface area contributed by atoms with E-state index in [4.69, 9.17) is 5.73 Å². The third-order valence-electron chi connectivity index (χ3n) is 3.65. The molecule has 25 heavy (non-hydrogen) atoms. The molecule has 0 aromatic carbocycles. The fourth-order valence-corrected chi connectivity index (χ4v) is 2.24. The number of amides is 3. The number of hydrogen-bond donors (Lipinski definition) is 3. The molecule has 0 aromatic rings. The van der Waals surface area contributed by atoms with Crippen molar-refractivity contribution in [2.75, 3.05) is 13.7 Å². The van der Waals surface area contributed by atoms with Crippen LogP contribution in [0.1, 0.15) is 64.7 Å². The maximum atomic E-state index is 12.1. The van der Waals surface area contributed by atoms with E-state index in [1.165, 1.54) is 7.11 Å². The van der Waals surface area contributed by atoms with E-state index >= 15 is 0 Å². The Bertz CT molecular complexity index is 440. The zero-order valence-electron chi connectivity index (χ0n) is 15.3. The minimum atomic E-state index is -0.987. The predicted octanol–water partition coefficient (Wildman–Crippen LogP) is 0.777. The second-order valence-corrected chi connectivity index (χ2v) is 5.93. The van der Waals surface area contributed by atoms with Crippen molar-refractivity contribution in [3.05, 3.63) is 0 Å². The summed E-state index contributed by atoms with van der Waals surface area (Å²) in [7, 11) is 1.29. The van der Waals surface area contributed by atoms with E-state index in [1.54, 1.807) is 0 Å². The van der Waals surface area contributed by atoms with Crippen molar-refractivity contribution in [2.24, 2.45) is 5.73 Å². The van der Waals surface area contributed by atoms with E-state index in [1.807, 2.05) is 0 Å². The van der Waals surface area contributed by atoms with E-state index in [9.17, 15) is 19.2 Å². The van der Waals surface area contributed by atoms with E-state index < -0.39 is 17.9 Å². The molecule has 0 aromatic heterocycles. The van der Waals surface area contributed by atoms with Crippen molar-refractivity contribution >= 4 is 23.7 Å². The Balaban J connectivity index is 4.24. The predicted molar refractivity (Wildman–Crippen MR) is 93.4 cm³/mol. The van der Waals surface area contributed by atoms with Gasteiger partial charge in [0.25, 0.3) is 0 Å². The van der Waals surface area contributed by atoms with Gasteiger partial charge in [-0.05, 0) is 12.8 Å². The number of nitrogens with two attached hydrogens (primary N) is 1. The van der Waals surface area contributed by atoms with E-state index in [0.717, 1.165) is 32.1 Å². The molecule has 0 aliphatic heterocycles. The summed E-state index contributed by atoms with van der Waals surface area (Å²) in [5.74, 6) is -1.78. The molecule has 144 valence electrons. The van der Waals surface area contributed by atoms with E-state index in [2.05, 4.69) is 22.3 Å². The molecule has 0 saturated heterocycles. The molecule has 0 bridgehead atoms. The molecule has 8 nitrogen and oxygen atoms in total. The quantitative estimate of drug-likeness (QED) is 0.313. The number of rotatable bonds is 14. The van der Waals surface area contributed by atoms with Crippen LogP contribution in [0.15, 0.2) is 0 Å². The van der Waals surface area contributed by atoms with E-state index in [0.29, 0.717) is 12.8 Å². The van der Waals surface area contributed by atoms with Crippen LogP contribution in [-0.2, 0) is 23.9 Å². The molecular formula is C17H31N3O5. The number of ether oxygens (including phenoxy) is 1. The van der Waals surface area contributed by atoms with Gasteiger partial charge in [-0.25, -0.2) is 0 Å². The molecule has 0 saturated carbocycles. The summed E-state index contributed by atoms with van der Waals surface area (Å²) in [5, 5.41) is 5.14. The summed E-state index contributed by atoms with van der Waals surface area (Å²) in [6.07, 6.45) is 5.70. The number of carbonyl (C=O) groups is 4. The van der Waals surface area contributed by atoms with Crippen molar-refractivity contribution in [2.45, 2.75) is 70.8 Å². The molecule has 8 heteroatoms. The number of primary amides is 1. The topological polar surface area (TPSA) is 128 Å². The van der Waals surface area contributed by atoms with Crippen LogP contribution in [0, 0.1) is 0 Å².